The van der Waals surface area contributed by atoms with Gasteiger partial charge in [-0.25, -0.2) is 5.57 Å². The Morgan fingerprint density at radius 3 is 2.50 bits per heavy atom. The molecule has 0 aliphatic heterocycles. The fourth-order valence-electron chi connectivity index (χ4n) is 2.61. The summed E-state index contributed by atoms with van der Waals surface area (Å²) in [4.78, 5) is 0. The van der Waals surface area contributed by atoms with E-state index in [0.717, 1.165) is 6.42 Å². The predicted molar refractivity (Wildman–Crippen MR) is 73.8 cm³/mol. The second-order valence-corrected chi connectivity index (χ2v) is 4.93. The standard InChI is InChI=1S/C17H17.Hf/c1-3-12(2)16-9-8-15-10-13-6-4-5-7-14(13)11-17(15)16;/h4-7,10-12H,3,8H2,1-2H3;/q-1;. The minimum absolute atomic E-state index is 0. The Labute approximate surface area is 128 Å². The van der Waals surface area contributed by atoms with Crippen molar-refractivity contribution < 1.29 is 25.8 Å². The molecule has 0 fully saturated rings. The van der Waals surface area contributed by atoms with E-state index in [4.69, 9.17) is 0 Å². The quantitative estimate of drug-likeness (QED) is 0.510. The van der Waals surface area contributed by atoms with Crippen molar-refractivity contribution in [3.8, 4) is 0 Å². The average molecular weight is 400 g/mol. The summed E-state index contributed by atoms with van der Waals surface area (Å²) in [5.74, 6) is 0.623. The van der Waals surface area contributed by atoms with Crippen LogP contribution in [0.4, 0.5) is 0 Å². The molecule has 0 spiro atoms. The Morgan fingerprint density at radius 2 is 1.83 bits per heavy atom. The van der Waals surface area contributed by atoms with E-state index in [1.54, 1.807) is 0 Å². The number of benzene rings is 2. The van der Waals surface area contributed by atoms with Gasteiger partial charge in [0.1, 0.15) is 0 Å². The SMILES string of the molecule is CCC(C)C1=[C-]Cc2cc3ccccc3cc21.[Hf]. The normalized spacial score (nSPS) is 14.9. The van der Waals surface area contributed by atoms with Gasteiger partial charge in [-0.1, -0.05) is 56.5 Å². The number of hydrogen-bond donors (Lipinski definition) is 0. The molecule has 0 nitrogen and oxygen atoms in total. The van der Waals surface area contributed by atoms with Gasteiger partial charge >= 0.3 is 0 Å². The molecule has 18 heavy (non-hydrogen) atoms. The van der Waals surface area contributed by atoms with Crippen molar-refractivity contribution in [1.82, 2.24) is 0 Å². The summed E-state index contributed by atoms with van der Waals surface area (Å²) in [7, 11) is 0. The van der Waals surface area contributed by atoms with Crippen molar-refractivity contribution in [2.24, 2.45) is 5.92 Å². The number of hydrogen-bond acceptors (Lipinski definition) is 0. The molecular weight excluding hydrogens is 383 g/mol. The molecule has 0 saturated heterocycles. The van der Waals surface area contributed by atoms with Gasteiger partial charge < -0.3 is 0 Å². The van der Waals surface area contributed by atoms with Crippen LogP contribution in [0.15, 0.2) is 36.4 Å². The maximum atomic E-state index is 3.56. The molecule has 3 rings (SSSR count). The predicted octanol–water partition coefficient (Wildman–Crippen LogP) is 4.63. The summed E-state index contributed by atoms with van der Waals surface area (Å²) in [5, 5.41) is 2.69. The zero-order chi connectivity index (χ0) is 11.8. The third-order valence-corrected chi connectivity index (χ3v) is 3.84. The van der Waals surface area contributed by atoms with E-state index in [9.17, 15) is 0 Å². The van der Waals surface area contributed by atoms with Crippen LogP contribution in [0.3, 0.4) is 0 Å². The molecule has 1 aliphatic carbocycles. The van der Waals surface area contributed by atoms with Crippen LogP contribution in [0.25, 0.3) is 16.3 Å². The van der Waals surface area contributed by atoms with Gasteiger partial charge in [-0.05, 0) is 10.8 Å². The van der Waals surface area contributed by atoms with Crippen molar-refractivity contribution in [1.29, 1.82) is 0 Å². The molecule has 0 N–H and O–H groups in total. The van der Waals surface area contributed by atoms with E-state index in [1.165, 1.54) is 33.9 Å². The van der Waals surface area contributed by atoms with Gasteiger partial charge in [0.05, 0.1) is 0 Å². The van der Waals surface area contributed by atoms with E-state index in [0.29, 0.717) is 5.92 Å². The van der Waals surface area contributed by atoms with Crippen LogP contribution in [-0.2, 0) is 32.3 Å². The summed E-state index contributed by atoms with van der Waals surface area (Å²) in [5.41, 5.74) is 4.30. The van der Waals surface area contributed by atoms with Crippen molar-refractivity contribution in [3.63, 3.8) is 0 Å². The minimum Gasteiger partial charge on any atom is -0.268 e. The number of allylic oxidation sites excluding steroid dienone is 2. The van der Waals surface area contributed by atoms with Crippen molar-refractivity contribution in [3.05, 3.63) is 53.6 Å². The molecule has 2 aromatic rings. The van der Waals surface area contributed by atoms with E-state index in [2.05, 4.69) is 56.3 Å². The van der Waals surface area contributed by atoms with Crippen LogP contribution in [0.2, 0.25) is 0 Å². The molecule has 0 radical (unpaired) electrons. The van der Waals surface area contributed by atoms with Crippen LogP contribution in [-0.4, -0.2) is 0 Å². The Hall–Kier alpha value is -0.690. The molecule has 1 heteroatoms. The largest absolute Gasteiger partial charge is 0.268 e. The average Bonchev–Trinajstić information content (AvgIpc) is 2.78. The minimum atomic E-state index is 0. The molecule has 0 saturated carbocycles. The van der Waals surface area contributed by atoms with Gasteiger partial charge in [0.25, 0.3) is 0 Å². The molecule has 0 aromatic heterocycles. The monoisotopic (exact) mass is 401 g/mol. The Bertz CT molecular complexity index is 596. The first kappa shape index (κ1) is 13.7. The van der Waals surface area contributed by atoms with Crippen LogP contribution < -0.4 is 0 Å². The molecule has 0 bridgehead atoms. The fraction of sp³-hybridized carbons (Fsp3) is 0.294. The Balaban J connectivity index is 0.00000120. The molecule has 2 aromatic carbocycles. The third-order valence-electron chi connectivity index (χ3n) is 3.84. The van der Waals surface area contributed by atoms with Crippen molar-refractivity contribution in [2.45, 2.75) is 26.7 Å². The zero-order valence-electron chi connectivity index (χ0n) is 11.0. The summed E-state index contributed by atoms with van der Waals surface area (Å²) >= 11 is 0. The van der Waals surface area contributed by atoms with Gasteiger partial charge in [0.2, 0.25) is 0 Å². The summed E-state index contributed by atoms with van der Waals surface area (Å²) in [6, 6.07) is 13.3. The fourth-order valence-corrected chi connectivity index (χ4v) is 2.61. The van der Waals surface area contributed by atoms with Crippen LogP contribution >= 0.6 is 0 Å². The topological polar surface area (TPSA) is 0 Å². The maximum Gasteiger partial charge on any atom is 0 e. The Morgan fingerprint density at radius 1 is 1.17 bits per heavy atom. The number of rotatable bonds is 2. The summed E-state index contributed by atoms with van der Waals surface area (Å²) in [6.07, 6.45) is 5.74. The molecule has 1 aliphatic rings. The van der Waals surface area contributed by atoms with Gasteiger partial charge in [-0.15, -0.1) is 18.1 Å². The van der Waals surface area contributed by atoms with Crippen molar-refractivity contribution in [2.75, 3.05) is 0 Å². The van der Waals surface area contributed by atoms with E-state index < -0.39 is 0 Å². The molecule has 1 atom stereocenters. The molecular formula is C17H17Hf-. The smallest absolute Gasteiger partial charge is 0 e. The van der Waals surface area contributed by atoms with Crippen LogP contribution in [0, 0.1) is 12.0 Å². The summed E-state index contributed by atoms with van der Waals surface area (Å²) in [6.45, 7) is 4.55. The first-order valence-electron chi connectivity index (χ1n) is 6.42. The Kier molecular flexibility index (Phi) is 4.21. The zero-order valence-corrected chi connectivity index (χ0v) is 14.5. The van der Waals surface area contributed by atoms with Gasteiger partial charge in [0.15, 0.2) is 0 Å². The van der Waals surface area contributed by atoms with Gasteiger partial charge in [-0.3, -0.25) is 6.08 Å². The number of fused-ring (bicyclic) bond motifs is 2. The van der Waals surface area contributed by atoms with E-state index >= 15 is 0 Å². The molecule has 1 unspecified atom stereocenters. The van der Waals surface area contributed by atoms with Crippen LogP contribution in [0.5, 0.6) is 0 Å². The second-order valence-electron chi connectivity index (χ2n) is 4.93. The van der Waals surface area contributed by atoms with E-state index in [1.807, 2.05) is 0 Å². The molecule has 0 heterocycles. The van der Waals surface area contributed by atoms with E-state index in [-0.39, 0.29) is 25.8 Å². The molecule has 0 amide bonds. The second kappa shape index (κ2) is 5.52. The maximum absolute atomic E-state index is 3.56. The first-order valence-corrected chi connectivity index (χ1v) is 6.42. The van der Waals surface area contributed by atoms with Crippen molar-refractivity contribution >= 4 is 16.3 Å². The van der Waals surface area contributed by atoms with Gasteiger partial charge in [-0.2, -0.15) is 5.56 Å². The van der Waals surface area contributed by atoms with Crippen LogP contribution in [0.1, 0.15) is 31.4 Å². The third kappa shape index (κ3) is 2.25. The van der Waals surface area contributed by atoms with Gasteiger partial charge in [0, 0.05) is 25.8 Å². The molecule has 90 valence electrons. The summed E-state index contributed by atoms with van der Waals surface area (Å²) < 4.78 is 0. The first-order chi connectivity index (χ1) is 8.29.